The first-order chi connectivity index (χ1) is 7.67. The molecule has 0 amide bonds. The second-order valence-electron chi connectivity index (χ2n) is 4.71. The maximum absolute atomic E-state index is 13.6. The van der Waals surface area contributed by atoms with Crippen molar-refractivity contribution >= 4 is 0 Å². The van der Waals surface area contributed by atoms with Gasteiger partial charge in [0.1, 0.15) is 0 Å². The summed E-state index contributed by atoms with van der Waals surface area (Å²) in [5.41, 5.74) is 6.40. The van der Waals surface area contributed by atoms with E-state index < -0.39 is 0 Å². The Kier molecular flexibility index (Phi) is 3.15. The Morgan fingerprint density at radius 1 is 1.44 bits per heavy atom. The number of rotatable bonds is 5. The maximum Gasteiger partial charge on any atom is 0.167 e. The van der Waals surface area contributed by atoms with Crippen molar-refractivity contribution in [3.8, 4) is 5.75 Å². The quantitative estimate of drug-likeness (QED) is 0.832. The van der Waals surface area contributed by atoms with Gasteiger partial charge >= 0.3 is 0 Å². The van der Waals surface area contributed by atoms with Gasteiger partial charge in [-0.05, 0) is 44.4 Å². The highest BCUT2D eigenvalue weighted by Gasteiger charge is 2.42. The van der Waals surface area contributed by atoms with Gasteiger partial charge in [0.2, 0.25) is 0 Å². The fraction of sp³-hybridized carbons (Fsp3) is 0.538. The third-order valence-corrected chi connectivity index (χ3v) is 3.32. The van der Waals surface area contributed by atoms with Crippen LogP contribution in [0.15, 0.2) is 18.2 Å². The van der Waals surface area contributed by atoms with Gasteiger partial charge in [-0.1, -0.05) is 12.1 Å². The van der Waals surface area contributed by atoms with Crippen LogP contribution in [0.5, 0.6) is 5.75 Å². The molecule has 3 heteroatoms. The summed E-state index contributed by atoms with van der Waals surface area (Å²) >= 11 is 0. The molecule has 1 aromatic rings. The first-order valence-electron chi connectivity index (χ1n) is 5.75. The van der Waals surface area contributed by atoms with Gasteiger partial charge in [0, 0.05) is 5.41 Å². The summed E-state index contributed by atoms with van der Waals surface area (Å²) in [6, 6.07) is 5.24. The van der Waals surface area contributed by atoms with Crippen molar-refractivity contribution in [2.75, 3.05) is 13.2 Å². The average Bonchev–Trinajstić information content (AvgIpc) is 3.02. The molecule has 2 rings (SSSR count). The average molecular weight is 223 g/mol. The summed E-state index contributed by atoms with van der Waals surface area (Å²) in [6.45, 7) is 3.01. The molecule has 0 spiro atoms. The van der Waals surface area contributed by atoms with E-state index in [2.05, 4.69) is 0 Å². The summed E-state index contributed by atoms with van der Waals surface area (Å²) in [5, 5.41) is 0. The van der Waals surface area contributed by atoms with E-state index in [0.717, 1.165) is 19.3 Å². The lowest BCUT2D eigenvalue weighted by atomic mass is 10.0. The van der Waals surface area contributed by atoms with Crippen LogP contribution in [0, 0.1) is 18.2 Å². The van der Waals surface area contributed by atoms with Gasteiger partial charge in [-0.25, -0.2) is 4.39 Å². The number of hydrogen-bond donors (Lipinski definition) is 1. The van der Waals surface area contributed by atoms with E-state index in [1.807, 2.05) is 6.07 Å². The van der Waals surface area contributed by atoms with Crippen molar-refractivity contribution in [3.05, 3.63) is 29.6 Å². The zero-order chi connectivity index (χ0) is 11.6. The third kappa shape index (κ3) is 2.35. The third-order valence-electron chi connectivity index (χ3n) is 3.32. The highest BCUT2D eigenvalue weighted by molar-refractivity contribution is 5.30. The molecule has 0 radical (unpaired) electrons. The highest BCUT2D eigenvalue weighted by Crippen LogP contribution is 2.48. The molecule has 0 atom stereocenters. The molecule has 0 saturated heterocycles. The summed E-state index contributed by atoms with van der Waals surface area (Å²) in [6.07, 6.45) is 3.27. The molecule has 1 aromatic carbocycles. The van der Waals surface area contributed by atoms with E-state index >= 15 is 0 Å². The Balaban J connectivity index is 1.97. The number of ether oxygens (including phenoxy) is 1. The van der Waals surface area contributed by atoms with Crippen LogP contribution in [0.25, 0.3) is 0 Å². The van der Waals surface area contributed by atoms with Gasteiger partial charge in [0.15, 0.2) is 11.6 Å². The molecule has 0 aromatic heterocycles. The Morgan fingerprint density at radius 3 is 2.81 bits per heavy atom. The monoisotopic (exact) mass is 223 g/mol. The van der Waals surface area contributed by atoms with Gasteiger partial charge in [0.25, 0.3) is 0 Å². The molecule has 2 nitrogen and oxygen atoms in total. The lowest BCUT2D eigenvalue weighted by molar-refractivity contribution is 0.218. The van der Waals surface area contributed by atoms with E-state index in [-0.39, 0.29) is 11.2 Å². The van der Waals surface area contributed by atoms with E-state index in [0.29, 0.717) is 24.5 Å². The molecular weight excluding hydrogens is 205 g/mol. The predicted molar refractivity (Wildman–Crippen MR) is 62.0 cm³/mol. The molecular formula is C13H18FNO. The Labute approximate surface area is 95.6 Å². The zero-order valence-electron chi connectivity index (χ0n) is 9.63. The Hall–Kier alpha value is -1.09. The van der Waals surface area contributed by atoms with E-state index in [9.17, 15) is 4.39 Å². The van der Waals surface area contributed by atoms with Crippen LogP contribution in [-0.2, 0) is 0 Å². The van der Waals surface area contributed by atoms with Gasteiger partial charge in [-0.2, -0.15) is 0 Å². The molecule has 2 N–H and O–H groups in total. The first-order valence-corrected chi connectivity index (χ1v) is 5.75. The van der Waals surface area contributed by atoms with Gasteiger partial charge < -0.3 is 10.5 Å². The SMILES string of the molecule is Cc1cccc(OCC2(CCN)CC2)c1F. The van der Waals surface area contributed by atoms with Crippen molar-refractivity contribution in [1.82, 2.24) is 0 Å². The van der Waals surface area contributed by atoms with Crippen LogP contribution >= 0.6 is 0 Å². The smallest absolute Gasteiger partial charge is 0.167 e. The summed E-state index contributed by atoms with van der Waals surface area (Å²) in [7, 11) is 0. The normalized spacial score (nSPS) is 17.2. The van der Waals surface area contributed by atoms with E-state index in [1.165, 1.54) is 0 Å². The molecule has 1 aliphatic carbocycles. The van der Waals surface area contributed by atoms with Gasteiger partial charge in [-0.15, -0.1) is 0 Å². The zero-order valence-corrected chi connectivity index (χ0v) is 9.63. The summed E-state index contributed by atoms with van der Waals surface area (Å²) in [5.74, 6) is 0.120. The Bertz CT molecular complexity index is 374. The van der Waals surface area contributed by atoms with Crippen molar-refractivity contribution in [3.63, 3.8) is 0 Å². The number of hydrogen-bond acceptors (Lipinski definition) is 2. The molecule has 1 aliphatic rings. The minimum absolute atomic E-state index is 0.227. The highest BCUT2D eigenvalue weighted by atomic mass is 19.1. The second-order valence-corrected chi connectivity index (χ2v) is 4.71. The number of aryl methyl sites for hydroxylation is 1. The summed E-state index contributed by atoms with van der Waals surface area (Å²) in [4.78, 5) is 0. The number of halogens is 1. The Morgan fingerprint density at radius 2 is 2.19 bits per heavy atom. The molecule has 1 fully saturated rings. The standard InChI is InChI=1S/C13H18FNO/c1-10-3-2-4-11(12(10)14)16-9-13(5-6-13)7-8-15/h2-4H,5-9,15H2,1H3. The van der Waals surface area contributed by atoms with E-state index in [4.69, 9.17) is 10.5 Å². The second kappa shape index (κ2) is 4.42. The van der Waals surface area contributed by atoms with Crippen LogP contribution in [0.3, 0.4) is 0 Å². The first kappa shape index (κ1) is 11.4. The molecule has 0 unspecified atom stereocenters. The van der Waals surface area contributed by atoms with Crippen LogP contribution < -0.4 is 10.5 Å². The summed E-state index contributed by atoms with van der Waals surface area (Å²) < 4.78 is 19.2. The van der Waals surface area contributed by atoms with Gasteiger partial charge in [-0.3, -0.25) is 0 Å². The van der Waals surface area contributed by atoms with Crippen molar-refractivity contribution in [2.45, 2.75) is 26.2 Å². The van der Waals surface area contributed by atoms with Crippen LogP contribution in [0.4, 0.5) is 4.39 Å². The fourth-order valence-corrected chi connectivity index (χ4v) is 1.91. The number of benzene rings is 1. The van der Waals surface area contributed by atoms with Crippen molar-refractivity contribution in [1.29, 1.82) is 0 Å². The maximum atomic E-state index is 13.6. The molecule has 0 heterocycles. The van der Waals surface area contributed by atoms with Crippen molar-refractivity contribution in [2.24, 2.45) is 11.1 Å². The largest absolute Gasteiger partial charge is 0.490 e. The minimum atomic E-state index is -0.244. The molecule has 88 valence electrons. The van der Waals surface area contributed by atoms with Crippen LogP contribution in [0.1, 0.15) is 24.8 Å². The molecule has 1 saturated carbocycles. The lowest BCUT2D eigenvalue weighted by Crippen LogP contribution is -2.17. The van der Waals surface area contributed by atoms with E-state index in [1.54, 1.807) is 19.1 Å². The number of nitrogens with two attached hydrogens (primary N) is 1. The predicted octanol–water partition coefficient (Wildman–Crippen LogP) is 2.64. The lowest BCUT2D eigenvalue weighted by Gasteiger charge is -2.15. The molecule has 0 aliphatic heterocycles. The molecule has 16 heavy (non-hydrogen) atoms. The van der Waals surface area contributed by atoms with Gasteiger partial charge in [0.05, 0.1) is 6.61 Å². The fourth-order valence-electron chi connectivity index (χ4n) is 1.91. The van der Waals surface area contributed by atoms with Crippen LogP contribution in [0.2, 0.25) is 0 Å². The van der Waals surface area contributed by atoms with Crippen molar-refractivity contribution < 1.29 is 9.13 Å². The minimum Gasteiger partial charge on any atom is -0.490 e. The van der Waals surface area contributed by atoms with Crippen LogP contribution in [-0.4, -0.2) is 13.2 Å². The topological polar surface area (TPSA) is 35.2 Å². The molecule has 0 bridgehead atoms.